The van der Waals surface area contributed by atoms with Crippen LogP contribution in [0, 0.1) is 23.3 Å². The van der Waals surface area contributed by atoms with E-state index >= 15 is 0 Å². The van der Waals surface area contributed by atoms with Crippen LogP contribution in [0.5, 0.6) is 0 Å². The molecular formula is C26H18F4. The lowest BCUT2D eigenvalue weighted by atomic mass is 9.96. The van der Waals surface area contributed by atoms with Crippen molar-refractivity contribution in [3.63, 3.8) is 0 Å². The van der Waals surface area contributed by atoms with Gasteiger partial charge in [-0.05, 0) is 76.2 Å². The summed E-state index contributed by atoms with van der Waals surface area (Å²) < 4.78 is 56.1. The number of allylic oxidation sites excluding steroid dienone is 1. The van der Waals surface area contributed by atoms with Gasteiger partial charge in [-0.25, -0.2) is 17.6 Å². The molecule has 0 spiro atoms. The zero-order valence-corrected chi connectivity index (χ0v) is 16.1. The number of benzene rings is 4. The van der Waals surface area contributed by atoms with Crippen LogP contribution in [0.2, 0.25) is 0 Å². The predicted molar refractivity (Wildman–Crippen MR) is 113 cm³/mol. The molecule has 0 N–H and O–H groups in total. The fourth-order valence-electron chi connectivity index (χ4n) is 3.57. The largest absolute Gasteiger partial charge is 0.206 e. The fourth-order valence-corrected chi connectivity index (χ4v) is 3.57. The van der Waals surface area contributed by atoms with Crippen LogP contribution >= 0.6 is 0 Å². The van der Waals surface area contributed by atoms with Crippen LogP contribution in [-0.4, -0.2) is 0 Å². The van der Waals surface area contributed by atoms with E-state index in [-0.39, 0.29) is 11.1 Å². The summed E-state index contributed by atoms with van der Waals surface area (Å²) in [5.74, 6) is -3.90. The molecule has 0 aromatic heterocycles. The van der Waals surface area contributed by atoms with Crippen molar-refractivity contribution in [3.05, 3.63) is 108 Å². The molecule has 0 amide bonds. The Morgan fingerprint density at radius 3 is 1.93 bits per heavy atom. The molecule has 0 aliphatic carbocycles. The summed E-state index contributed by atoms with van der Waals surface area (Å²) >= 11 is 0. The summed E-state index contributed by atoms with van der Waals surface area (Å²) in [6, 6.07) is 16.9. The van der Waals surface area contributed by atoms with Crippen molar-refractivity contribution in [1.82, 2.24) is 0 Å². The quantitative estimate of drug-likeness (QED) is 0.234. The highest BCUT2D eigenvalue weighted by Crippen LogP contribution is 2.33. The van der Waals surface area contributed by atoms with E-state index in [9.17, 15) is 17.6 Å². The first-order valence-electron chi connectivity index (χ1n) is 9.54. The Balaban J connectivity index is 1.72. The lowest BCUT2D eigenvalue weighted by Crippen LogP contribution is -1.94. The molecule has 4 aromatic rings. The van der Waals surface area contributed by atoms with Crippen LogP contribution in [0.3, 0.4) is 0 Å². The van der Waals surface area contributed by atoms with Gasteiger partial charge in [0, 0.05) is 0 Å². The maximum Gasteiger partial charge on any atom is 0.159 e. The van der Waals surface area contributed by atoms with Crippen molar-refractivity contribution in [2.45, 2.75) is 12.8 Å². The summed E-state index contributed by atoms with van der Waals surface area (Å²) in [5.41, 5.74) is 1.79. The Labute approximate surface area is 172 Å². The van der Waals surface area contributed by atoms with Crippen LogP contribution in [0.25, 0.3) is 33.0 Å². The Morgan fingerprint density at radius 1 is 0.600 bits per heavy atom. The molecule has 0 radical (unpaired) electrons. The Hall–Kier alpha value is -3.40. The van der Waals surface area contributed by atoms with Gasteiger partial charge in [0.25, 0.3) is 0 Å². The molecule has 0 aliphatic rings. The summed E-state index contributed by atoms with van der Waals surface area (Å²) in [5, 5.41) is 2.00. The zero-order valence-electron chi connectivity index (χ0n) is 16.1. The minimum absolute atomic E-state index is 0.0546. The Morgan fingerprint density at radius 2 is 1.23 bits per heavy atom. The van der Waals surface area contributed by atoms with Gasteiger partial charge < -0.3 is 0 Å². The van der Waals surface area contributed by atoms with Gasteiger partial charge in [-0.1, -0.05) is 42.5 Å². The second kappa shape index (κ2) is 8.15. The molecule has 0 atom stereocenters. The number of aryl methyl sites for hydroxylation is 1. The van der Waals surface area contributed by atoms with Crippen LogP contribution in [0.15, 0.2) is 79.4 Å². The van der Waals surface area contributed by atoms with Gasteiger partial charge in [-0.3, -0.25) is 0 Å². The highest BCUT2D eigenvalue weighted by Gasteiger charge is 2.16. The first-order valence-corrected chi connectivity index (χ1v) is 9.54. The average Bonchev–Trinajstić information content (AvgIpc) is 2.73. The van der Waals surface area contributed by atoms with Crippen LogP contribution < -0.4 is 0 Å². The molecule has 4 heteroatoms. The van der Waals surface area contributed by atoms with E-state index in [4.69, 9.17) is 0 Å². The van der Waals surface area contributed by atoms with Crippen molar-refractivity contribution in [2.24, 2.45) is 0 Å². The summed E-state index contributed by atoms with van der Waals surface area (Å²) in [4.78, 5) is 0. The monoisotopic (exact) mass is 406 g/mol. The van der Waals surface area contributed by atoms with Gasteiger partial charge in [-0.2, -0.15) is 0 Å². The van der Waals surface area contributed by atoms with Gasteiger partial charge in [0.1, 0.15) is 11.6 Å². The van der Waals surface area contributed by atoms with Crippen LogP contribution in [-0.2, 0) is 6.42 Å². The number of rotatable bonds is 5. The lowest BCUT2D eigenvalue weighted by molar-refractivity contribution is 0.508. The molecule has 0 aliphatic heterocycles. The van der Waals surface area contributed by atoms with Gasteiger partial charge in [0.15, 0.2) is 11.6 Å². The van der Waals surface area contributed by atoms with Gasteiger partial charge >= 0.3 is 0 Å². The van der Waals surface area contributed by atoms with E-state index in [0.717, 1.165) is 41.8 Å². The minimum atomic E-state index is -1.16. The van der Waals surface area contributed by atoms with Crippen LogP contribution in [0.4, 0.5) is 17.6 Å². The first-order chi connectivity index (χ1) is 14.5. The second-order valence-electron chi connectivity index (χ2n) is 7.17. The van der Waals surface area contributed by atoms with Crippen molar-refractivity contribution in [2.75, 3.05) is 0 Å². The van der Waals surface area contributed by atoms with E-state index in [2.05, 4.69) is 12.6 Å². The molecule has 30 heavy (non-hydrogen) atoms. The van der Waals surface area contributed by atoms with E-state index in [1.54, 1.807) is 0 Å². The normalized spacial score (nSPS) is 11.1. The maximum atomic E-state index is 14.7. The number of hydrogen-bond donors (Lipinski definition) is 0. The molecule has 0 saturated heterocycles. The topological polar surface area (TPSA) is 0 Å². The molecule has 0 bridgehead atoms. The van der Waals surface area contributed by atoms with Gasteiger partial charge in [0.05, 0.1) is 5.56 Å². The lowest BCUT2D eigenvalue weighted by Gasteiger charge is -2.10. The van der Waals surface area contributed by atoms with Crippen molar-refractivity contribution in [1.29, 1.82) is 0 Å². The Bertz CT molecular complexity index is 1230. The second-order valence-corrected chi connectivity index (χ2v) is 7.17. The molecule has 0 fully saturated rings. The minimum Gasteiger partial charge on any atom is -0.206 e. The molecule has 0 nitrogen and oxygen atoms in total. The predicted octanol–water partition coefficient (Wildman–Crippen LogP) is 7.85. The molecule has 0 saturated carbocycles. The fraction of sp³-hybridized carbons (Fsp3) is 0.0769. The SMILES string of the molecule is C=CCCc1ccc2cc(-c3cc(F)c(-c4ccc(F)c(F)c4)c(F)c3)ccc2c1. The molecule has 0 unspecified atom stereocenters. The number of fused-ring (bicyclic) bond motifs is 1. The van der Waals surface area contributed by atoms with E-state index < -0.39 is 23.3 Å². The highest BCUT2D eigenvalue weighted by molar-refractivity contribution is 5.88. The molecule has 0 heterocycles. The average molecular weight is 406 g/mol. The van der Waals surface area contributed by atoms with Crippen molar-refractivity contribution >= 4 is 10.8 Å². The van der Waals surface area contributed by atoms with Gasteiger partial charge in [-0.15, -0.1) is 6.58 Å². The summed E-state index contributed by atoms with van der Waals surface area (Å²) in [6.45, 7) is 3.73. The third-order valence-corrected chi connectivity index (χ3v) is 5.13. The highest BCUT2D eigenvalue weighted by atomic mass is 19.2. The summed E-state index contributed by atoms with van der Waals surface area (Å²) in [6.07, 6.45) is 3.68. The number of halogens is 4. The van der Waals surface area contributed by atoms with E-state index in [0.29, 0.717) is 11.1 Å². The van der Waals surface area contributed by atoms with Crippen molar-refractivity contribution < 1.29 is 17.6 Å². The standard InChI is InChI=1S/C26H18F4/c1-2-3-4-16-5-6-18-12-19(8-7-17(18)11-16)21-14-24(29)26(25(30)15-21)20-9-10-22(27)23(28)13-20/h2,5-15H,1,3-4H2. The third kappa shape index (κ3) is 3.86. The summed E-state index contributed by atoms with van der Waals surface area (Å²) in [7, 11) is 0. The third-order valence-electron chi connectivity index (χ3n) is 5.13. The molecule has 4 aromatic carbocycles. The van der Waals surface area contributed by atoms with Gasteiger partial charge in [0.2, 0.25) is 0 Å². The number of hydrogen-bond acceptors (Lipinski definition) is 0. The smallest absolute Gasteiger partial charge is 0.159 e. The molecule has 4 rings (SSSR count). The molecule has 150 valence electrons. The molecular weight excluding hydrogens is 388 g/mol. The Kier molecular flexibility index (Phi) is 5.40. The van der Waals surface area contributed by atoms with Crippen molar-refractivity contribution in [3.8, 4) is 22.3 Å². The van der Waals surface area contributed by atoms with E-state index in [1.165, 1.54) is 17.7 Å². The van der Waals surface area contributed by atoms with Crippen LogP contribution in [0.1, 0.15) is 12.0 Å². The maximum absolute atomic E-state index is 14.7. The van der Waals surface area contributed by atoms with E-state index in [1.807, 2.05) is 36.4 Å². The first kappa shape index (κ1) is 19.9. The zero-order chi connectivity index (χ0) is 21.3.